The lowest BCUT2D eigenvalue weighted by Gasteiger charge is -1.99. The molecule has 0 aliphatic carbocycles. The summed E-state index contributed by atoms with van der Waals surface area (Å²) in [6.07, 6.45) is 1.39. The number of nitrogens with zero attached hydrogens (tertiary/aromatic N) is 5. The molecule has 0 spiro atoms. The van der Waals surface area contributed by atoms with E-state index in [1.807, 2.05) is 12.1 Å². The van der Waals surface area contributed by atoms with Gasteiger partial charge in [0.05, 0.1) is 23.6 Å². The van der Waals surface area contributed by atoms with Crippen LogP contribution in [0.1, 0.15) is 16.8 Å². The van der Waals surface area contributed by atoms with Gasteiger partial charge < -0.3 is 10.8 Å². The molecule has 1 aromatic heterocycles. The van der Waals surface area contributed by atoms with Crippen molar-refractivity contribution in [2.45, 2.75) is 6.54 Å². The van der Waals surface area contributed by atoms with Crippen molar-refractivity contribution >= 4 is 23.2 Å². The molecule has 0 radical (unpaired) electrons. The van der Waals surface area contributed by atoms with Gasteiger partial charge in [-0.3, -0.25) is 10.1 Å². The Balaban J connectivity index is 2.55. The van der Waals surface area contributed by atoms with Crippen LogP contribution >= 0.6 is 0 Å². The zero-order chi connectivity index (χ0) is 17.7. The van der Waals surface area contributed by atoms with Crippen molar-refractivity contribution in [3.05, 3.63) is 51.2 Å². The number of nitro benzene ring substituents is 1. The quantitative estimate of drug-likeness (QED) is 0.477. The molecule has 24 heavy (non-hydrogen) atoms. The molecule has 0 bridgehead atoms. The summed E-state index contributed by atoms with van der Waals surface area (Å²) in [4.78, 5) is 10.3. The Hall–Kier alpha value is -3.69. The number of nitrogen functional groups attached to an aromatic ring is 1. The Kier molecular flexibility index (Phi) is 4.90. The first-order chi connectivity index (χ1) is 11.5. The van der Waals surface area contributed by atoms with Crippen molar-refractivity contribution in [1.82, 2.24) is 9.78 Å². The number of anilines is 1. The monoisotopic (exact) mass is 324 g/mol. The van der Waals surface area contributed by atoms with Gasteiger partial charge in [0.1, 0.15) is 29.2 Å². The van der Waals surface area contributed by atoms with Crippen molar-refractivity contribution in [2.75, 3.05) is 12.3 Å². The standard InChI is InChI=1S/C15H12N6O3/c16-8-11(6-10-2-1-3-12(7-10)21(23)24)14-13(9-17)15(18)20(19-14)4-5-22/h1-3,6-7,22H,4-5,18H2/b11-6+. The van der Waals surface area contributed by atoms with E-state index in [0.29, 0.717) is 5.56 Å². The van der Waals surface area contributed by atoms with Gasteiger partial charge in [-0.1, -0.05) is 12.1 Å². The number of hydrogen-bond acceptors (Lipinski definition) is 7. The van der Waals surface area contributed by atoms with Crippen LogP contribution in [0.2, 0.25) is 0 Å². The highest BCUT2D eigenvalue weighted by atomic mass is 16.6. The molecule has 0 unspecified atom stereocenters. The van der Waals surface area contributed by atoms with Crippen LogP contribution in [0.15, 0.2) is 24.3 Å². The highest BCUT2D eigenvalue weighted by Gasteiger charge is 2.19. The van der Waals surface area contributed by atoms with E-state index in [2.05, 4.69) is 5.10 Å². The Morgan fingerprint density at radius 2 is 2.25 bits per heavy atom. The third-order valence-electron chi connectivity index (χ3n) is 3.18. The average Bonchev–Trinajstić information content (AvgIpc) is 2.89. The molecular formula is C15H12N6O3. The third-order valence-corrected chi connectivity index (χ3v) is 3.18. The molecule has 3 N–H and O–H groups in total. The lowest BCUT2D eigenvalue weighted by Crippen LogP contribution is -2.07. The molecule has 0 aliphatic heterocycles. The van der Waals surface area contributed by atoms with Gasteiger partial charge in [0, 0.05) is 12.1 Å². The lowest BCUT2D eigenvalue weighted by atomic mass is 10.1. The van der Waals surface area contributed by atoms with Gasteiger partial charge in [-0.05, 0) is 11.6 Å². The number of aliphatic hydroxyl groups is 1. The number of aromatic nitrogens is 2. The normalized spacial score (nSPS) is 10.9. The molecule has 9 nitrogen and oxygen atoms in total. The van der Waals surface area contributed by atoms with Gasteiger partial charge in [0.15, 0.2) is 0 Å². The molecule has 1 aromatic carbocycles. The van der Waals surface area contributed by atoms with E-state index in [0.717, 1.165) is 0 Å². The molecule has 0 fully saturated rings. The Morgan fingerprint density at radius 1 is 1.50 bits per heavy atom. The largest absolute Gasteiger partial charge is 0.394 e. The zero-order valence-corrected chi connectivity index (χ0v) is 12.4. The molecule has 2 rings (SSSR count). The number of rotatable bonds is 5. The fraction of sp³-hybridized carbons (Fsp3) is 0.133. The van der Waals surface area contributed by atoms with E-state index in [9.17, 15) is 20.6 Å². The van der Waals surface area contributed by atoms with Crippen molar-refractivity contribution in [3.63, 3.8) is 0 Å². The topological polar surface area (TPSA) is 155 Å². The van der Waals surface area contributed by atoms with Gasteiger partial charge >= 0.3 is 0 Å². The van der Waals surface area contributed by atoms with E-state index >= 15 is 0 Å². The van der Waals surface area contributed by atoms with Gasteiger partial charge in [0.25, 0.3) is 5.69 Å². The highest BCUT2D eigenvalue weighted by molar-refractivity contribution is 5.91. The van der Waals surface area contributed by atoms with E-state index < -0.39 is 4.92 Å². The summed E-state index contributed by atoms with van der Waals surface area (Å²) < 4.78 is 1.23. The van der Waals surface area contributed by atoms with Crippen molar-refractivity contribution < 1.29 is 10.0 Å². The number of benzene rings is 1. The molecule has 0 amide bonds. The summed E-state index contributed by atoms with van der Waals surface area (Å²) in [6.45, 7) is -0.150. The number of hydrogen-bond donors (Lipinski definition) is 2. The van der Waals surface area contributed by atoms with E-state index in [4.69, 9.17) is 10.8 Å². The van der Waals surface area contributed by atoms with Crippen LogP contribution in [0.3, 0.4) is 0 Å². The molecular weight excluding hydrogens is 312 g/mol. The first-order valence-electron chi connectivity index (χ1n) is 6.75. The Morgan fingerprint density at radius 3 is 2.83 bits per heavy atom. The maximum atomic E-state index is 10.8. The van der Waals surface area contributed by atoms with Crippen molar-refractivity contribution in [3.8, 4) is 12.1 Å². The first-order valence-corrected chi connectivity index (χ1v) is 6.75. The minimum absolute atomic E-state index is 0.0154. The number of aliphatic hydroxyl groups excluding tert-OH is 1. The number of allylic oxidation sites excluding steroid dienone is 1. The second kappa shape index (κ2) is 7.05. The molecule has 0 saturated heterocycles. The lowest BCUT2D eigenvalue weighted by molar-refractivity contribution is -0.384. The minimum Gasteiger partial charge on any atom is -0.394 e. The fourth-order valence-corrected chi connectivity index (χ4v) is 2.09. The van der Waals surface area contributed by atoms with Crippen LogP contribution < -0.4 is 5.73 Å². The molecule has 0 saturated carbocycles. The van der Waals surface area contributed by atoms with Crippen LogP contribution in [-0.4, -0.2) is 26.4 Å². The molecule has 120 valence electrons. The van der Waals surface area contributed by atoms with Crippen LogP contribution in [-0.2, 0) is 6.54 Å². The van der Waals surface area contributed by atoms with Gasteiger partial charge in [-0.15, -0.1) is 0 Å². The zero-order valence-electron chi connectivity index (χ0n) is 12.4. The summed E-state index contributed by atoms with van der Waals surface area (Å²) in [7, 11) is 0. The van der Waals surface area contributed by atoms with Crippen LogP contribution in [0, 0.1) is 32.8 Å². The summed E-state index contributed by atoms with van der Waals surface area (Å²) in [5.74, 6) is 0.0433. The van der Waals surface area contributed by atoms with Gasteiger partial charge in [0.2, 0.25) is 0 Å². The molecule has 9 heteroatoms. The molecule has 0 atom stereocenters. The number of non-ortho nitro benzene ring substituents is 1. The van der Waals surface area contributed by atoms with Crippen LogP contribution in [0.5, 0.6) is 0 Å². The summed E-state index contributed by atoms with van der Waals surface area (Å²) in [6, 6.07) is 9.51. The van der Waals surface area contributed by atoms with Gasteiger partial charge in [-0.25, -0.2) is 4.68 Å². The predicted molar refractivity (Wildman–Crippen MR) is 85.0 cm³/mol. The Labute approximate surface area is 136 Å². The predicted octanol–water partition coefficient (Wildman–Crippen LogP) is 1.30. The minimum atomic E-state index is -0.544. The Bertz CT molecular complexity index is 901. The highest BCUT2D eigenvalue weighted by Crippen LogP contribution is 2.25. The smallest absolute Gasteiger partial charge is 0.270 e. The van der Waals surface area contributed by atoms with E-state index in [1.165, 1.54) is 29.0 Å². The molecule has 2 aromatic rings. The summed E-state index contributed by atoms with van der Waals surface area (Å²) >= 11 is 0. The third kappa shape index (κ3) is 3.21. The van der Waals surface area contributed by atoms with E-state index in [-0.39, 0.29) is 41.5 Å². The summed E-state index contributed by atoms with van der Waals surface area (Å²) in [5, 5.41) is 42.5. The SMILES string of the molecule is N#C/C(=C\c1cccc([N+](=O)[O-])c1)c1nn(CCO)c(N)c1C#N. The first kappa shape index (κ1) is 16.7. The van der Waals surface area contributed by atoms with Crippen molar-refractivity contribution in [2.24, 2.45) is 0 Å². The number of nitriles is 2. The molecule has 0 aliphatic rings. The van der Waals surface area contributed by atoms with E-state index in [1.54, 1.807) is 6.07 Å². The fourth-order valence-electron chi connectivity index (χ4n) is 2.09. The summed E-state index contributed by atoms with van der Waals surface area (Å²) in [5.41, 5.74) is 6.21. The van der Waals surface area contributed by atoms with Crippen LogP contribution in [0.25, 0.3) is 11.6 Å². The average molecular weight is 324 g/mol. The van der Waals surface area contributed by atoms with Crippen LogP contribution in [0.4, 0.5) is 11.5 Å². The second-order valence-corrected chi connectivity index (χ2v) is 4.69. The molecule has 1 heterocycles. The maximum absolute atomic E-state index is 10.8. The van der Waals surface area contributed by atoms with Crippen molar-refractivity contribution in [1.29, 1.82) is 10.5 Å². The second-order valence-electron chi connectivity index (χ2n) is 4.69. The number of nitro groups is 1. The number of nitrogens with two attached hydrogens (primary N) is 1. The maximum Gasteiger partial charge on any atom is 0.270 e. The van der Waals surface area contributed by atoms with Gasteiger partial charge in [-0.2, -0.15) is 15.6 Å².